The zero-order chi connectivity index (χ0) is 29.1. The van der Waals surface area contributed by atoms with Gasteiger partial charge in [0.25, 0.3) is 0 Å². The van der Waals surface area contributed by atoms with Crippen LogP contribution in [0.15, 0.2) is 60.7 Å². The monoisotopic (exact) mass is 550 g/mol. The van der Waals surface area contributed by atoms with Crippen molar-refractivity contribution in [2.24, 2.45) is 0 Å². The van der Waals surface area contributed by atoms with E-state index in [1.807, 2.05) is 24.5 Å². The van der Waals surface area contributed by atoms with E-state index >= 15 is 0 Å². The number of phenols is 1. The first-order valence-corrected chi connectivity index (χ1v) is 11.3. The van der Waals surface area contributed by atoms with Crippen molar-refractivity contribution in [3.05, 3.63) is 83.2 Å². The van der Waals surface area contributed by atoms with Crippen molar-refractivity contribution < 1.29 is 27.8 Å². The Morgan fingerprint density at radius 1 is 1.00 bits per heavy atom. The first kappa shape index (κ1) is 29.0. The van der Waals surface area contributed by atoms with E-state index in [4.69, 9.17) is 15.3 Å². The van der Waals surface area contributed by atoms with Crippen LogP contribution in [0.4, 0.5) is 24.7 Å². The molecular formula is C26H21F3N8O3. The lowest BCUT2D eigenvalue weighted by molar-refractivity contribution is -0.144. The standard InChI is InChI=1S/C16H14N4O2.C10H7F3N4O/c1-11-6-12(8-17)13(9-18)7-14(11)20-19-10-22-16-5-3-2-4-15(16)21;11-10(12,13)9-15-7-4-2-1-3-6(7)8(16-9)17-14-5-18/h2-7,19-21H,10H2,1H3;1-5H,(H,14,18)(H,15,16,17). The number of fused-ring (bicyclic) bond motifs is 1. The molecular weight excluding hydrogens is 529 g/mol. The molecule has 1 amide bonds. The van der Waals surface area contributed by atoms with Gasteiger partial charge in [-0.2, -0.15) is 23.7 Å². The third kappa shape index (κ3) is 7.47. The molecule has 40 heavy (non-hydrogen) atoms. The summed E-state index contributed by atoms with van der Waals surface area (Å²) in [5.41, 5.74) is 12.4. The highest BCUT2D eigenvalue weighted by molar-refractivity contribution is 5.89. The van der Waals surface area contributed by atoms with Crippen LogP contribution >= 0.6 is 0 Å². The molecule has 11 nitrogen and oxygen atoms in total. The summed E-state index contributed by atoms with van der Waals surface area (Å²) in [6.45, 7) is 1.94. The van der Waals surface area contributed by atoms with E-state index < -0.39 is 12.0 Å². The molecule has 0 aliphatic heterocycles. The van der Waals surface area contributed by atoms with Crippen LogP contribution in [0.2, 0.25) is 0 Å². The van der Waals surface area contributed by atoms with Crippen molar-refractivity contribution >= 4 is 28.8 Å². The minimum absolute atomic E-state index is 0.0608. The average Bonchev–Trinajstić information content (AvgIpc) is 2.95. The van der Waals surface area contributed by atoms with Crippen molar-refractivity contribution in [2.45, 2.75) is 13.1 Å². The first-order valence-electron chi connectivity index (χ1n) is 11.3. The predicted octanol–water partition coefficient (Wildman–Crippen LogP) is 4.12. The Balaban J connectivity index is 0.000000225. The highest BCUT2D eigenvalue weighted by atomic mass is 19.4. The SMILES string of the molecule is Cc1cc(C#N)c(C#N)cc1NNCOc1ccccc1O.O=CNNc1nc(C(F)(F)F)nc2ccccc12. The number of carbonyl (C=O) groups excluding carboxylic acids is 1. The van der Waals surface area contributed by atoms with Crippen LogP contribution in [-0.2, 0) is 11.0 Å². The zero-order valence-corrected chi connectivity index (χ0v) is 20.7. The van der Waals surface area contributed by atoms with Crippen LogP contribution in [0.5, 0.6) is 11.5 Å². The second kappa shape index (κ2) is 13.3. The van der Waals surface area contributed by atoms with Crippen LogP contribution in [0.3, 0.4) is 0 Å². The van der Waals surface area contributed by atoms with E-state index in [1.54, 1.807) is 48.5 Å². The molecule has 3 aromatic carbocycles. The number of nitrogens with zero attached hydrogens (tertiary/aromatic N) is 4. The number of nitrogens with one attached hydrogen (secondary N) is 4. The number of hydrazine groups is 2. The number of aromatic hydroxyl groups is 1. The minimum atomic E-state index is -4.65. The van der Waals surface area contributed by atoms with Crippen LogP contribution in [-0.4, -0.2) is 28.2 Å². The number of alkyl halides is 3. The molecule has 0 aliphatic rings. The molecule has 0 spiro atoms. The lowest BCUT2D eigenvalue weighted by atomic mass is 10.0. The van der Waals surface area contributed by atoms with Gasteiger partial charge in [0.05, 0.1) is 22.3 Å². The van der Waals surface area contributed by atoms with Crippen LogP contribution in [0, 0.1) is 29.6 Å². The molecule has 0 radical (unpaired) electrons. The molecule has 0 aliphatic carbocycles. The fourth-order valence-electron chi connectivity index (χ4n) is 3.25. The number of carbonyl (C=O) groups is 1. The largest absolute Gasteiger partial charge is 0.504 e. The number of hydrogen-bond acceptors (Lipinski definition) is 10. The molecule has 0 saturated heterocycles. The van der Waals surface area contributed by atoms with Gasteiger partial charge in [0.2, 0.25) is 12.2 Å². The molecule has 0 bridgehead atoms. The predicted molar refractivity (Wildman–Crippen MR) is 138 cm³/mol. The lowest BCUT2D eigenvalue weighted by Crippen LogP contribution is -2.27. The molecule has 204 valence electrons. The van der Waals surface area contributed by atoms with E-state index in [2.05, 4.69) is 26.2 Å². The number of rotatable bonds is 8. The number of halogens is 3. The van der Waals surface area contributed by atoms with E-state index in [9.17, 15) is 23.1 Å². The number of benzene rings is 3. The number of aromatic nitrogens is 2. The third-order valence-corrected chi connectivity index (χ3v) is 5.10. The maximum atomic E-state index is 12.6. The van der Waals surface area contributed by atoms with Crippen molar-refractivity contribution in [3.63, 3.8) is 0 Å². The molecule has 0 saturated carbocycles. The molecule has 0 atom stereocenters. The number of amides is 1. The summed E-state index contributed by atoms with van der Waals surface area (Å²) in [5.74, 6) is -0.951. The minimum Gasteiger partial charge on any atom is -0.504 e. The Labute approximate surface area is 225 Å². The first-order chi connectivity index (χ1) is 19.2. The van der Waals surface area contributed by atoms with Crippen LogP contribution in [0.1, 0.15) is 22.5 Å². The lowest BCUT2D eigenvalue weighted by Gasteiger charge is -2.13. The highest BCUT2D eigenvalue weighted by Gasteiger charge is 2.35. The normalized spacial score (nSPS) is 10.3. The van der Waals surface area contributed by atoms with E-state index in [0.717, 1.165) is 5.56 Å². The quantitative estimate of drug-likeness (QED) is 0.0931. The van der Waals surface area contributed by atoms with Gasteiger partial charge in [-0.15, -0.1) is 0 Å². The number of phenolic OH excluding ortho intramolecular Hbond substituents is 1. The topological polar surface area (TPSA) is 168 Å². The summed E-state index contributed by atoms with van der Waals surface area (Å²) in [5, 5.41) is 27.9. The number of para-hydroxylation sites is 3. The molecule has 4 rings (SSSR count). The Morgan fingerprint density at radius 2 is 1.68 bits per heavy atom. The Bertz CT molecular complexity index is 1580. The number of anilines is 2. The molecule has 0 fully saturated rings. The third-order valence-electron chi connectivity index (χ3n) is 5.10. The smallest absolute Gasteiger partial charge is 0.451 e. The van der Waals surface area contributed by atoms with Crippen molar-refractivity contribution in [3.8, 4) is 23.6 Å². The second-order valence-electron chi connectivity index (χ2n) is 7.79. The molecule has 5 N–H and O–H groups in total. The van der Waals surface area contributed by atoms with Crippen LogP contribution < -0.4 is 26.4 Å². The molecule has 14 heteroatoms. The average molecular weight is 551 g/mol. The summed E-state index contributed by atoms with van der Waals surface area (Å²) in [6, 6.07) is 20.0. The molecule has 1 heterocycles. The molecule has 0 unspecified atom stereocenters. The number of aryl methyl sites for hydroxylation is 1. The van der Waals surface area contributed by atoms with Gasteiger partial charge in [-0.3, -0.25) is 15.6 Å². The van der Waals surface area contributed by atoms with Crippen molar-refractivity contribution in [2.75, 3.05) is 17.6 Å². The Hall–Kier alpha value is -5.60. The van der Waals surface area contributed by atoms with Gasteiger partial charge in [0, 0.05) is 5.39 Å². The van der Waals surface area contributed by atoms with Crippen molar-refractivity contribution in [1.82, 2.24) is 20.8 Å². The van der Waals surface area contributed by atoms with E-state index in [-0.39, 0.29) is 23.8 Å². The van der Waals surface area contributed by atoms with Crippen LogP contribution in [0.25, 0.3) is 10.9 Å². The molecule has 1 aromatic heterocycles. The van der Waals surface area contributed by atoms with Gasteiger partial charge in [0.15, 0.2) is 24.0 Å². The summed E-state index contributed by atoms with van der Waals surface area (Å²) < 4.78 is 43.1. The summed E-state index contributed by atoms with van der Waals surface area (Å²) in [6.07, 6.45) is -4.36. The van der Waals surface area contributed by atoms with Gasteiger partial charge in [-0.1, -0.05) is 24.3 Å². The van der Waals surface area contributed by atoms with Crippen molar-refractivity contribution in [1.29, 1.82) is 10.5 Å². The fraction of sp³-hybridized carbons (Fsp3) is 0.115. The van der Waals surface area contributed by atoms with Gasteiger partial charge in [-0.25, -0.2) is 15.4 Å². The Morgan fingerprint density at radius 3 is 2.35 bits per heavy atom. The number of hydrogen-bond donors (Lipinski definition) is 5. The Kier molecular flexibility index (Phi) is 9.61. The summed E-state index contributed by atoms with van der Waals surface area (Å²) >= 11 is 0. The fourth-order valence-corrected chi connectivity index (χ4v) is 3.25. The zero-order valence-electron chi connectivity index (χ0n) is 20.7. The summed E-state index contributed by atoms with van der Waals surface area (Å²) in [7, 11) is 0. The van der Waals surface area contributed by atoms with E-state index in [0.29, 0.717) is 34.4 Å². The summed E-state index contributed by atoms with van der Waals surface area (Å²) in [4.78, 5) is 16.9. The van der Waals surface area contributed by atoms with Gasteiger partial charge in [0.1, 0.15) is 12.1 Å². The van der Waals surface area contributed by atoms with E-state index in [1.165, 1.54) is 12.1 Å². The maximum absolute atomic E-state index is 12.6. The van der Waals surface area contributed by atoms with Gasteiger partial charge >= 0.3 is 6.18 Å². The number of nitriles is 2. The van der Waals surface area contributed by atoms with Gasteiger partial charge in [-0.05, 0) is 48.9 Å². The highest BCUT2D eigenvalue weighted by Crippen LogP contribution is 2.30. The number of ether oxygens (including phenoxy) is 1. The second-order valence-corrected chi connectivity index (χ2v) is 7.79. The van der Waals surface area contributed by atoms with Gasteiger partial charge < -0.3 is 15.3 Å². The maximum Gasteiger partial charge on any atom is 0.451 e. The molecule has 4 aromatic rings.